The van der Waals surface area contributed by atoms with Gasteiger partial charge in [-0.3, -0.25) is 4.79 Å². The Hall–Kier alpha value is -1.13. The van der Waals surface area contributed by atoms with E-state index in [4.69, 9.17) is 17.3 Å². The summed E-state index contributed by atoms with van der Waals surface area (Å²) >= 11 is 5.89. The van der Waals surface area contributed by atoms with Crippen molar-refractivity contribution in [3.63, 3.8) is 0 Å². The molecule has 17 heavy (non-hydrogen) atoms. The van der Waals surface area contributed by atoms with Crippen LogP contribution >= 0.6 is 11.6 Å². The fraction of sp³-hybridized carbons (Fsp3) is 0.417. The van der Waals surface area contributed by atoms with E-state index >= 15 is 0 Å². The van der Waals surface area contributed by atoms with Crippen LogP contribution in [0.5, 0.6) is 0 Å². The summed E-state index contributed by atoms with van der Waals surface area (Å²) in [6.07, 6.45) is 0.228. The van der Waals surface area contributed by atoms with Gasteiger partial charge >= 0.3 is 0 Å². The first-order valence-electron chi connectivity index (χ1n) is 5.27. The van der Waals surface area contributed by atoms with Gasteiger partial charge in [0.15, 0.2) is 0 Å². The highest BCUT2D eigenvalue weighted by atomic mass is 35.5. The highest BCUT2D eigenvalue weighted by molar-refractivity contribution is 6.31. The molecular formula is C12H16ClFN2O. The van der Waals surface area contributed by atoms with E-state index in [1.54, 1.807) is 6.07 Å². The zero-order valence-corrected chi connectivity index (χ0v) is 10.6. The second-order valence-corrected chi connectivity index (χ2v) is 5.02. The number of halogens is 2. The number of hydrogen-bond acceptors (Lipinski definition) is 2. The number of primary amides is 1. The lowest BCUT2D eigenvalue weighted by atomic mass is 10.00. The smallest absolute Gasteiger partial charge is 0.219 e. The van der Waals surface area contributed by atoms with Crippen LogP contribution in [0.3, 0.4) is 0 Å². The van der Waals surface area contributed by atoms with Crippen molar-refractivity contribution in [3.8, 4) is 0 Å². The van der Waals surface area contributed by atoms with E-state index in [9.17, 15) is 9.18 Å². The molecule has 0 aliphatic heterocycles. The Morgan fingerprint density at radius 3 is 2.71 bits per heavy atom. The van der Waals surface area contributed by atoms with Crippen molar-refractivity contribution in [1.82, 2.24) is 5.32 Å². The predicted molar refractivity (Wildman–Crippen MR) is 66.1 cm³/mol. The van der Waals surface area contributed by atoms with Crippen molar-refractivity contribution in [1.29, 1.82) is 0 Å². The minimum absolute atomic E-state index is 0.228. The first-order chi connectivity index (χ1) is 7.80. The summed E-state index contributed by atoms with van der Waals surface area (Å²) in [7, 11) is 0. The molecule has 1 aromatic rings. The molecule has 0 saturated heterocycles. The first-order valence-corrected chi connectivity index (χ1v) is 5.65. The van der Waals surface area contributed by atoms with Crippen molar-refractivity contribution in [2.75, 3.05) is 0 Å². The minimum atomic E-state index is -0.413. The summed E-state index contributed by atoms with van der Waals surface area (Å²) in [6.45, 7) is 4.20. The van der Waals surface area contributed by atoms with Gasteiger partial charge in [-0.25, -0.2) is 4.39 Å². The van der Waals surface area contributed by atoms with E-state index in [1.807, 2.05) is 13.8 Å². The SMILES string of the molecule is CC(C)(CC(N)=O)NCc1ccc(F)cc1Cl. The molecule has 0 atom stereocenters. The molecule has 0 aromatic heterocycles. The van der Waals surface area contributed by atoms with Crippen LogP contribution in [0.1, 0.15) is 25.8 Å². The van der Waals surface area contributed by atoms with Crippen LogP contribution in [0.2, 0.25) is 5.02 Å². The first kappa shape index (κ1) is 13.9. The molecule has 3 nitrogen and oxygen atoms in total. The van der Waals surface area contributed by atoms with Crippen molar-refractivity contribution in [2.45, 2.75) is 32.4 Å². The third-order valence-electron chi connectivity index (χ3n) is 2.39. The number of rotatable bonds is 5. The molecule has 0 unspecified atom stereocenters. The summed E-state index contributed by atoms with van der Waals surface area (Å²) in [5.41, 5.74) is 5.51. The molecule has 0 aliphatic rings. The molecule has 94 valence electrons. The molecule has 0 spiro atoms. The molecule has 3 N–H and O–H groups in total. The quantitative estimate of drug-likeness (QED) is 0.851. The molecular weight excluding hydrogens is 243 g/mol. The largest absolute Gasteiger partial charge is 0.370 e. The molecule has 0 fully saturated rings. The topological polar surface area (TPSA) is 55.1 Å². The van der Waals surface area contributed by atoms with Gasteiger partial charge in [-0.15, -0.1) is 0 Å². The Morgan fingerprint density at radius 2 is 2.18 bits per heavy atom. The molecule has 0 radical (unpaired) electrons. The number of amides is 1. The van der Waals surface area contributed by atoms with Crippen molar-refractivity contribution >= 4 is 17.5 Å². The lowest BCUT2D eigenvalue weighted by molar-refractivity contribution is -0.119. The van der Waals surface area contributed by atoms with Gasteiger partial charge in [0.2, 0.25) is 5.91 Å². The van der Waals surface area contributed by atoms with Gasteiger partial charge in [0.25, 0.3) is 0 Å². The Balaban J connectivity index is 2.64. The Labute approximate surface area is 105 Å². The highest BCUT2D eigenvalue weighted by Gasteiger charge is 2.19. The predicted octanol–water partition coefficient (Wildman–Crippen LogP) is 2.22. The Kier molecular flexibility index (Phi) is 4.48. The molecule has 5 heteroatoms. The van der Waals surface area contributed by atoms with E-state index in [2.05, 4.69) is 5.32 Å². The zero-order valence-electron chi connectivity index (χ0n) is 9.89. The minimum Gasteiger partial charge on any atom is -0.370 e. The fourth-order valence-corrected chi connectivity index (χ4v) is 1.73. The number of nitrogens with two attached hydrogens (primary N) is 1. The van der Waals surface area contributed by atoms with E-state index in [-0.39, 0.29) is 18.1 Å². The monoisotopic (exact) mass is 258 g/mol. The van der Waals surface area contributed by atoms with Crippen molar-refractivity contribution in [3.05, 3.63) is 34.6 Å². The lowest BCUT2D eigenvalue weighted by Crippen LogP contribution is -2.42. The second-order valence-electron chi connectivity index (χ2n) is 4.62. The third kappa shape index (κ3) is 4.71. The third-order valence-corrected chi connectivity index (χ3v) is 2.74. The summed E-state index contributed by atoms with van der Waals surface area (Å²) in [5, 5.41) is 3.53. The second kappa shape index (κ2) is 5.47. The number of benzene rings is 1. The van der Waals surface area contributed by atoms with Crippen LogP contribution in [-0.4, -0.2) is 11.4 Å². The molecule has 1 amide bonds. The van der Waals surface area contributed by atoms with Crippen LogP contribution in [0.15, 0.2) is 18.2 Å². The average Bonchev–Trinajstić information content (AvgIpc) is 2.14. The average molecular weight is 259 g/mol. The molecule has 0 bridgehead atoms. The van der Waals surface area contributed by atoms with E-state index in [0.29, 0.717) is 11.6 Å². The molecule has 0 heterocycles. The molecule has 0 aliphatic carbocycles. The van der Waals surface area contributed by atoms with Crippen molar-refractivity contribution in [2.24, 2.45) is 5.73 Å². The van der Waals surface area contributed by atoms with Crippen LogP contribution in [0, 0.1) is 5.82 Å². The van der Waals surface area contributed by atoms with Gasteiger partial charge < -0.3 is 11.1 Å². The van der Waals surface area contributed by atoms with Gasteiger partial charge in [-0.1, -0.05) is 17.7 Å². The Morgan fingerprint density at radius 1 is 1.53 bits per heavy atom. The van der Waals surface area contributed by atoms with Crippen molar-refractivity contribution < 1.29 is 9.18 Å². The van der Waals surface area contributed by atoms with Gasteiger partial charge in [0.05, 0.1) is 0 Å². The number of carbonyl (C=O) groups excluding carboxylic acids is 1. The number of nitrogens with one attached hydrogen (secondary N) is 1. The van der Waals surface area contributed by atoms with Gasteiger partial charge in [0.1, 0.15) is 5.82 Å². The molecule has 1 rings (SSSR count). The fourth-order valence-electron chi connectivity index (χ4n) is 1.50. The zero-order chi connectivity index (χ0) is 13.1. The maximum atomic E-state index is 12.8. The maximum Gasteiger partial charge on any atom is 0.219 e. The van der Waals surface area contributed by atoms with E-state index in [0.717, 1.165) is 5.56 Å². The number of hydrogen-bond donors (Lipinski definition) is 2. The standard InChI is InChI=1S/C12H16ClFN2O/c1-12(2,6-11(15)17)16-7-8-3-4-9(14)5-10(8)13/h3-5,16H,6-7H2,1-2H3,(H2,15,17). The van der Waals surface area contributed by atoms with Crippen LogP contribution in [0.25, 0.3) is 0 Å². The van der Waals surface area contributed by atoms with Gasteiger partial charge in [0, 0.05) is 23.5 Å². The molecule has 1 aromatic carbocycles. The molecule has 0 saturated carbocycles. The summed E-state index contributed by atoms with van der Waals surface area (Å²) in [6, 6.07) is 4.23. The Bertz CT molecular complexity index is 421. The van der Waals surface area contributed by atoms with E-state index < -0.39 is 5.54 Å². The van der Waals surface area contributed by atoms with Gasteiger partial charge in [-0.2, -0.15) is 0 Å². The summed E-state index contributed by atoms with van der Waals surface area (Å²) in [5.74, 6) is -0.733. The number of carbonyl (C=O) groups is 1. The maximum absolute atomic E-state index is 12.8. The summed E-state index contributed by atoms with van der Waals surface area (Å²) in [4.78, 5) is 10.8. The highest BCUT2D eigenvalue weighted by Crippen LogP contribution is 2.18. The van der Waals surface area contributed by atoms with Crippen LogP contribution < -0.4 is 11.1 Å². The lowest BCUT2D eigenvalue weighted by Gasteiger charge is -2.25. The van der Waals surface area contributed by atoms with Crippen LogP contribution in [0.4, 0.5) is 4.39 Å². The van der Waals surface area contributed by atoms with E-state index in [1.165, 1.54) is 12.1 Å². The van der Waals surface area contributed by atoms with Gasteiger partial charge in [-0.05, 0) is 31.5 Å². The van der Waals surface area contributed by atoms with Crippen LogP contribution in [-0.2, 0) is 11.3 Å². The normalized spacial score (nSPS) is 11.5. The summed E-state index contributed by atoms with van der Waals surface area (Å²) < 4.78 is 12.8.